The average Bonchev–Trinajstić information content (AvgIpc) is 3.20. The highest BCUT2D eigenvalue weighted by atomic mass is 35.5. The Balaban J connectivity index is 1.95. The van der Waals surface area contributed by atoms with Crippen LogP contribution in [0, 0.1) is 5.92 Å². The molecule has 1 aliphatic heterocycles. The molecular weight excluding hydrogens is 374 g/mol. The molecule has 1 aromatic carbocycles. The molecule has 0 bridgehead atoms. The van der Waals surface area contributed by atoms with Crippen molar-refractivity contribution in [2.75, 3.05) is 38.3 Å². The minimum atomic E-state index is 0.562. The SMILES string of the molecule is CCOC[C@@H]1CCN(c2nc(CC)c(-c3ccc(OC)cc3Cl)nc2CC)C1. The van der Waals surface area contributed by atoms with Crippen LogP contribution in [-0.4, -0.2) is 43.4 Å². The number of anilines is 1. The zero-order chi connectivity index (χ0) is 20.1. The fourth-order valence-electron chi connectivity index (χ4n) is 3.71. The third-order valence-corrected chi connectivity index (χ3v) is 5.58. The molecule has 1 saturated heterocycles. The predicted octanol–water partition coefficient (Wildman–Crippen LogP) is 4.79. The van der Waals surface area contributed by atoms with Gasteiger partial charge < -0.3 is 14.4 Å². The van der Waals surface area contributed by atoms with Gasteiger partial charge in [0.1, 0.15) is 5.75 Å². The van der Waals surface area contributed by atoms with Gasteiger partial charge >= 0.3 is 0 Å². The number of hydrogen-bond acceptors (Lipinski definition) is 5. The number of aryl methyl sites for hydroxylation is 2. The lowest BCUT2D eigenvalue weighted by Gasteiger charge is -2.22. The topological polar surface area (TPSA) is 47.5 Å². The molecule has 0 radical (unpaired) electrons. The first-order valence-electron chi connectivity index (χ1n) is 10.2. The molecule has 5 nitrogen and oxygen atoms in total. The first-order valence-corrected chi connectivity index (χ1v) is 10.5. The normalized spacial score (nSPS) is 16.6. The monoisotopic (exact) mass is 403 g/mol. The van der Waals surface area contributed by atoms with E-state index in [4.69, 9.17) is 31.0 Å². The molecule has 0 amide bonds. The van der Waals surface area contributed by atoms with E-state index in [-0.39, 0.29) is 0 Å². The van der Waals surface area contributed by atoms with Gasteiger partial charge in [-0.3, -0.25) is 0 Å². The van der Waals surface area contributed by atoms with Crippen molar-refractivity contribution in [2.24, 2.45) is 5.92 Å². The average molecular weight is 404 g/mol. The lowest BCUT2D eigenvalue weighted by molar-refractivity contribution is 0.117. The maximum Gasteiger partial charge on any atom is 0.150 e. The molecule has 1 aliphatic rings. The van der Waals surface area contributed by atoms with Crippen LogP contribution in [0.4, 0.5) is 5.82 Å². The van der Waals surface area contributed by atoms with Crippen molar-refractivity contribution in [1.29, 1.82) is 0 Å². The molecule has 0 saturated carbocycles. The van der Waals surface area contributed by atoms with Crippen LogP contribution in [-0.2, 0) is 17.6 Å². The van der Waals surface area contributed by atoms with Gasteiger partial charge in [-0.25, -0.2) is 9.97 Å². The van der Waals surface area contributed by atoms with E-state index in [0.717, 1.165) is 79.8 Å². The highest BCUT2D eigenvalue weighted by molar-refractivity contribution is 6.33. The van der Waals surface area contributed by atoms with Gasteiger partial charge in [-0.05, 0) is 44.4 Å². The van der Waals surface area contributed by atoms with Crippen molar-refractivity contribution in [2.45, 2.75) is 40.0 Å². The maximum absolute atomic E-state index is 6.53. The number of nitrogens with zero attached hydrogens (tertiary/aromatic N) is 3. The van der Waals surface area contributed by atoms with E-state index in [9.17, 15) is 0 Å². The molecule has 28 heavy (non-hydrogen) atoms. The van der Waals surface area contributed by atoms with Gasteiger partial charge in [-0.15, -0.1) is 0 Å². The number of benzene rings is 1. The molecular formula is C22H30ClN3O2. The summed E-state index contributed by atoms with van der Waals surface area (Å²) in [6.45, 7) is 9.87. The highest BCUT2D eigenvalue weighted by Gasteiger charge is 2.27. The van der Waals surface area contributed by atoms with E-state index in [0.29, 0.717) is 10.9 Å². The molecule has 2 aromatic rings. The number of ether oxygens (including phenoxy) is 2. The number of rotatable bonds is 8. The van der Waals surface area contributed by atoms with E-state index >= 15 is 0 Å². The Kier molecular flexibility index (Phi) is 7.13. The van der Waals surface area contributed by atoms with Crippen LogP contribution in [0.15, 0.2) is 18.2 Å². The van der Waals surface area contributed by atoms with Crippen molar-refractivity contribution in [1.82, 2.24) is 9.97 Å². The molecule has 0 spiro atoms. The quantitative estimate of drug-likeness (QED) is 0.634. The van der Waals surface area contributed by atoms with E-state index in [1.807, 2.05) is 25.1 Å². The number of halogens is 1. The van der Waals surface area contributed by atoms with Crippen molar-refractivity contribution >= 4 is 17.4 Å². The summed E-state index contributed by atoms with van der Waals surface area (Å²) in [6, 6.07) is 5.72. The predicted molar refractivity (Wildman–Crippen MR) is 115 cm³/mol. The Bertz CT molecular complexity index is 813. The molecule has 0 unspecified atom stereocenters. The van der Waals surface area contributed by atoms with Crippen molar-refractivity contribution in [3.8, 4) is 17.0 Å². The molecule has 0 N–H and O–H groups in total. The van der Waals surface area contributed by atoms with E-state index in [1.54, 1.807) is 7.11 Å². The lowest BCUT2D eigenvalue weighted by atomic mass is 10.1. The zero-order valence-corrected chi connectivity index (χ0v) is 18.1. The van der Waals surface area contributed by atoms with Crippen molar-refractivity contribution in [3.63, 3.8) is 0 Å². The standard InChI is InChI=1S/C22H30ClN3O2/c1-5-19-21(17-9-8-16(27-4)12-18(17)23)24-20(6-2)22(25-19)26-11-10-15(13-26)14-28-7-3/h8-9,12,15H,5-7,10-11,13-14H2,1-4H3/t15-/m1/s1. The largest absolute Gasteiger partial charge is 0.497 e. The number of aromatic nitrogens is 2. The third kappa shape index (κ3) is 4.41. The first-order chi connectivity index (χ1) is 13.6. The second-order valence-electron chi connectivity index (χ2n) is 7.10. The Morgan fingerprint density at radius 1 is 1.14 bits per heavy atom. The smallest absolute Gasteiger partial charge is 0.150 e. The molecule has 152 valence electrons. The molecule has 1 atom stereocenters. The van der Waals surface area contributed by atoms with Gasteiger partial charge in [0.25, 0.3) is 0 Å². The fraction of sp³-hybridized carbons (Fsp3) is 0.545. The van der Waals surface area contributed by atoms with E-state index in [1.165, 1.54) is 0 Å². The summed E-state index contributed by atoms with van der Waals surface area (Å²) < 4.78 is 10.9. The fourth-order valence-corrected chi connectivity index (χ4v) is 3.97. The van der Waals surface area contributed by atoms with Crippen LogP contribution < -0.4 is 9.64 Å². The number of methoxy groups -OCH3 is 1. The Labute approximate surface area is 173 Å². The molecule has 2 heterocycles. The minimum absolute atomic E-state index is 0.562. The van der Waals surface area contributed by atoms with Crippen LogP contribution in [0.2, 0.25) is 5.02 Å². The van der Waals surface area contributed by atoms with Gasteiger partial charge in [0.05, 0.1) is 35.8 Å². The van der Waals surface area contributed by atoms with Crippen LogP contribution in [0.3, 0.4) is 0 Å². The summed E-state index contributed by atoms with van der Waals surface area (Å²) >= 11 is 6.53. The van der Waals surface area contributed by atoms with Gasteiger partial charge in [-0.1, -0.05) is 25.4 Å². The van der Waals surface area contributed by atoms with Crippen molar-refractivity contribution < 1.29 is 9.47 Å². The van der Waals surface area contributed by atoms with Crippen LogP contribution >= 0.6 is 11.6 Å². The second kappa shape index (κ2) is 9.57. The van der Waals surface area contributed by atoms with Gasteiger partial charge in [0.2, 0.25) is 0 Å². The van der Waals surface area contributed by atoms with Gasteiger partial charge in [0, 0.05) is 31.2 Å². The maximum atomic E-state index is 6.53. The van der Waals surface area contributed by atoms with Crippen LogP contribution in [0.1, 0.15) is 38.6 Å². The van der Waals surface area contributed by atoms with Crippen LogP contribution in [0.5, 0.6) is 5.75 Å². The number of hydrogen-bond donors (Lipinski definition) is 0. The highest BCUT2D eigenvalue weighted by Crippen LogP contribution is 2.34. The van der Waals surface area contributed by atoms with Crippen LogP contribution in [0.25, 0.3) is 11.3 Å². The zero-order valence-electron chi connectivity index (χ0n) is 17.3. The van der Waals surface area contributed by atoms with Gasteiger partial charge in [-0.2, -0.15) is 0 Å². The lowest BCUT2D eigenvalue weighted by Crippen LogP contribution is -2.25. The van der Waals surface area contributed by atoms with E-state index < -0.39 is 0 Å². The van der Waals surface area contributed by atoms with Crippen molar-refractivity contribution in [3.05, 3.63) is 34.6 Å². The second-order valence-corrected chi connectivity index (χ2v) is 7.51. The molecule has 6 heteroatoms. The molecule has 3 rings (SSSR count). The Morgan fingerprint density at radius 3 is 2.57 bits per heavy atom. The Morgan fingerprint density at radius 2 is 1.93 bits per heavy atom. The summed E-state index contributed by atoms with van der Waals surface area (Å²) in [6.07, 6.45) is 2.77. The molecule has 1 fully saturated rings. The van der Waals surface area contributed by atoms with Gasteiger partial charge in [0.15, 0.2) is 5.82 Å². The van der Waals surface area contributed by atoms with E-state index in [2.05, 4.69) is 18.7 Å². The first kappa shape index (κ1) is 20.9. The molecule has 1 aromatic heterocycles. The summed E-state index contributed by atoms with van der Waals surface area (Å²) in [5.41, 5.74) is 3.79. The Hall–Kier alpha value is -1.85. The summed E-state index contributed by atoms with van der Waals surface area (Å²) in [5.74, 6) is 2.32. The molecule has 0 aliphatic carbocycles. The third-order valence-electron chi connectivity index (χ3n) is 5.26. The summed E-state index contributed by atoms with van der Waals surface area (Å²) in [4.78, 5) is 12.4. The summed E-state index contributed by atoms with van der Waals surface area (Å²) in [7, 11) is 1.64. The summed E-state index contributed by atoms with van der Waals surface area (Å²) in [5, 5.41) is 0.635. The minimum Gasteiger partial charge on any atom is -0.497 e.